The van der Waals surface area contributed by atoms with E-state index in [4.69, 9.17) is 4.74 Å². The summed E-state index contributed by atoms with van der Waals surface area (Å²) >= 11 is 0. The highest BCUT2D eigenvalue weighted by Gasteiger charge is 2.31. The molecule has 1 aliphatic rings. The van der Waals surface area contributed by atoms with Gasteiger partial charge >= 0.3 is 6.09 Å². The van der Waals surface area contributed by atoms with Crippen LogP contribution in [0, 0.1) is 0 Å². The number of fused-ring (bicyclic) bond motifs is 3. The number of carbonyl (C=O) groups is 1. The number of carbonyl (C=O) groups excluding carboxylic acids is 1. The summed E-state index contributed by atoms with van der Waals surface area (Å²) in [4.78, 5) is 13.9. The Balaban J connectivity index is 0.00000192. The Morgan fingerprint density at radius 1 is 1.09 bits per heavy atom. The lowest BCUT2D eigenvalue weighted by Gasteiger charge is -2.21. The zero-order chi connectivity index (χ0) is 15.5. The van der Waals surface area contributed by atoms with E-state index >= 15 is 0 Å². The van der Waals surface area contributed by atoms with Crippen LogP contribution in [0.2, 0.25) is 0 Å². The molecule has 1 N–H and O–H groups in total. The van der Waals surface area contributed by atoms with Crippen molar-refractivity contribution in [2.75, 3.05) is 27.2 Å². The van der Waals surface area contributed by atoms with Crippen molar-refractivity contribution in [2.24, 2.45) is 0 Å². The van der Waals surface area contributed by atoms with Gasteiger partial charge in [0, 0.05) is 31.3 Å². The van der Waals surface area contributed by atoms with Crippen LogP contribution in [0.5, 0.6) is 0 Å². The topological polar surface area (TPSA) is 41.6 Å². The van der Waals surface area contributed by atoms with Crippen LogP contribution in [0.25, 0.3) is 11.1 Å². The summed E-state index contributed by atoms with van der Waals surface area (Å²) < 4.78 is 5.78. The second-order valence-electron chi connectivity index (χ2n) is 5.46. The van der Waals surface area contributed by atoms with Gasteiger partial charge in [-0.3, -0.25) is 0 Å². The minimum Gasteiger partial charge on any atom is -0.436 e. The molecule has 0 radical (unpaired) electrons. The monoisotopic (exact) mass is 332 g/mol. The molecular formula is C18H21ClN2O2. The Labute approximate surface area is 142 Å². The number of likely N-dealkylation sites (N-methyl/N-ethyl adjacent to an activating group) is 2. The molecule has 0 aliphatic heterocycles. The average Bonchev–Trinajstić information content (AvgIpc) is 2.87. The molecule has 4 nitrogen and oxygen atoms in total. The molecule has 0 unspecified atom stereocenters. The van der Waals surface area contributed by atoms with Gasteiger partial charge in [0.05, 0.1) is 0 Å². The predicted octanol–water partition coefficient (Wildman–Crippen LogP) is 3.47. The lowest BCUT2D eigenvalue weighted by molar-refractivity contribution is 0.0866. The second kappa shape index (κ2) is 7.49. The van der Waals surface area contributed by atoms with Crippen LogP contribution in [0.3, 0.4) is 0 Å². The highest BCUT2D eigenvalue weighted by atomic mass is 35.5. The molecule has 3 rings (SSSR count). The number of halogens is 1. The van der Waals surface area contributed by atoms with Crippen molar-refractivity contribution < 1.29 is 9.53 Å². The predicted molar refractivity (Wildman–Crippen MR) is 94.0 cm³/mol. The number of amides is 1. The second-order valence-corrected chi connectivity index (χ2v) is 5.46. The molecule has 0 fully saturated rings. The molecule has 1 aliphatic carbocycles. The molecule has 5 heteroatoms. The molecule has 2 aromatic carbocycles. The number of hydrogen-bond donors (Lipinski definition) is 1. The summed E-state index contributed by atoms with van der Waals surface area (Å²) in [5.41, 5.74) is 4.40. The average molecular weight is 333 g/mol. The van der Waals surface area contributed by atoms with Gasteiger partial charge in [0.25, 0.3) is 0 Å². The molecule has 0 spiro atoms. The van der Waals surface area contributed by atoms with E-state index in [0.717, 1.165) is 28.8 Å². The van der Waals surface area contributed by atoms with Crippen LogP contribution in [0.15, 0.2) is 48.5 Å². The van der Waals surface area contributed by atoms with E-state index in [-0.39, 0.29) is 24.6 Å². The van der Waals surface area contributed by atoms with Crippen LogP contribution >= 0.6 is 12.4 Å². The van der Waals surface area contributed by atoms with E-state index in [0.29, 0.717) is 6.54 Å². The summed E-state index contributed by atoms with van der Waals surface area (Å²) in [6.45, 7) is 1.36. The van der Waals surface area contributed by atoms with Gasteiger partial charge in [-0.2, -0.15) is 0 Å². The Hall–Kier alpha value is -2.04. The van der Waals surface area contributed by atoms with Gasteiger partial charge in [0.2, 0.25) is 0 Å². The van der Waals surface area contributed by atoms with E-state index < -0.39 is 0 Å². The summed E-state index contributed by atoms with van der Waals surface area (Å²) in [6.07, 6.45) is -0.622. The minimum atomic E-state index is -0.322. The van der Waals surface area contributed by atoms with E-state index in [9.17, 15) is 4.79 Å². The maximum absolute atomic E-state index is 12.3. The Kier molecular flexibility index (Phi) is 5.64. The van der Waals surface area contributed by atoms with Crippen molar-refractivity contribution >= 4 is 18.5 Å². The van der Waals surface area contributed by atoms with E-state index in [2.05, 4.69) is 17.4 Å². The van der Waals surface area contributed by atoms with Crippen molar-refractivity contribution in [3.8, 4) is 11.1 Å². The van der Waals surface area contributed by atoms with Crippen LogP contribution in [0.1, 0.15) is 17.2 Å². The first-order valence-corrected chi connectivity index (χ1v) is 7.47. The van der Waals surface area contributed by atoms with Gasteiger partial charge in [0.1, 0.15) is 0 Å². The number of benzene rings is 2. The maximum atomic E-state index is 12.3. The Morgan fingerprint density at radius 2 is 1.61 bits per heavy atom. The molecule has 0 aromatic heterocycles. The first-order valence-electron chi connectivity index (χ1n) is 7.47. The quantitative estimate of drug-likeness (QED) is 0.932. The van der Waals surface area contributed by atoms with Crippen molar-refractivity contribution in [3.05, 3.63) is 59.7 Å². The number of nitrogens with zero attached hydrogens (tertiary/aromatic N) is 1. The first-order chi connectivity index (χ1) is 10.7. The van der Waals surface area contributed by atoms with Crippen LogP contribution in [-0.4, -0.2) is 38.2 Å². The largest absolute Gasteiger partial charge is 0.436 e. The third-order valence-corrected chi connectivity index (χ3v) is 4.00. The molecular weight excluding hydrogens is 312 g/mol. The van der Waals surface area contributed by atoms with Gasteiger partial charge in [-0.1, -0.05) is 48.5 Å². The zero-order valence-electron chi connectivity index (χ0n) is 13.3. The third-order valence-electron chi connectivity index (χ3n) is 4.00. The molecule has 0 atom stereocenters. The molecule has 0 saturated carbocycles. The number of hydrogen-bond acceptors (Lipinski definition) is 3. The summed E-state index contributed by atoms with van der Waals surface area (Å²) in [7, 11) is 3.62. The molecule has 0 saturated heterocycles. The number of nitrogens with one attached hydrogen (secondary N) is 1. The molecule has 1 amide bonds. The first kappa shape index (κ1) is 17.3. The normalized spacial score (nSPS) is 12.1. The van der Waals surface area contributed by atoms with E-state index in [1.807, 2.05) is 43.4 Å². The third kappa shape index (κ3) is 3.33. The van der Waals surface area contributed by atoms with Crippen molar-refractivity contribution in [2.45, 2.75) is 6.10 Å². The fourth-order valence-electron chi connectivity index (χ4n) is 2.80. The van der Waals surface area contributed by atoms with E-state index in [1.165, 1.54) is 0 Å². The Morgan fingerprint density at radius 3 is 2.13 bits per heavy atom. The van der Waals surface area contributed by atoms with Crippen LogP contribution in [0.4, 0.5) is 4.79 Å². The van der Waals surface area contributed by atoms with Gasteiger partial charge in [0.15, 0.2) is 6.10 Å². The zero-order valence-corrected chi connectivity index (χ0v) is 14.1. The minimum absolute atomic E-state index is 0. The summed E-state index contributed by atoms with van der Waals surface area (Å²) in [6, 6.07) is 16.2. The molecule has 0 heterocycles. The maximum Gasteiger partial charge on any atom is 0.410 e. The van der Waals surface area contributed by atoms with E-state index in [1.54, 1.807) is 11.9 Å². The summed E-state index contributed by atoms with van der Waals surface area (Å²) in [5.74, 6) is 0. The molecule has 122 valence electrons. The SMILES string of the molecule is CNCCN(C)C(=O)OC1c2ccccc2-c2ccccc21.Cl. The van der Waals surface area contributed by atoms with Gasteiger partial charge < -0.3 is 15.0 Å². The molecule has 2 aromatic rings. The van der Waals surface area contributed by atoms with Gasteiger partial charge in [-0.05, 0) is 18.2 Å². The Bertz CT molecular complexity index is 645. The lowest BCUT2D eigenvalue weighted by Crippen LogP contribution is -2.33. The number of ether oxygens (including phenoxy) is 1. The molecule has 23 heavy (non-hydrogen) atoms. The fourth-order valence-corrected chi connectivity index (χ4v) is 2.80. The lowest BCUT2D eigenvalue weighted by atomic mass is 10.1. The standard InChI is InChI=1S/C18H20N2O2.ClH/c1-19-11-12-20(2)18(21)22-17-15-9-5-3-7-13(15)14-8-4-6-10-16(14)17;/h3-10,17,19H,11-12H2,1-2H3;1H. The van der Waals surface area contributed by atoms with Crippen LogP contribution in [-0.2, 0) is 4.74 Å². The van der Waals surface area contributed by atoms with Gasteiger partial charge in [-0.25, -0.2) is 4.79 Å². The highest BCUT2D eigenvalue weighted by Crippen LogP contribution is 2.45. The van der Waals surface area contributed by atoms with Crippen molar-refractivity contribution in [1.29, 1.82) is 0 Å². The van der Waals surface area contributed by atoms with Gasteiger partial charge in [-0.15, -0.1) is 12.4 Å². The van der Waals surface area contributed by atoms with Crippen molar-refractivity contribution in [3.63, 3.8) is 0 Å². The number of rotatable bonds is 4. The molecule has 0 bridgehead atoms. The highest BCUT2D eigenvalue weighted by molar-refractivity contribution is 5.85. The smallest absolute Gasteiger partial charge is 0.410 e. The van der Waals surface area contributed by atoms with Crippen LogP contribution < -0.4 is 5.32 Å². The van der Waals surface area contributed by atoms with Crippen molar-refractivity contribution in [1.82, 2.24) is 10.2 Å². The summed E-state index contributed by atoms with van der Waals surface area (Å²) in [5, 5.41) is 3.03. The fraction of sp³-hybridized carbons (Fsp3) is 0.278.